The van der Waals surface area contributed by atoms with E-state index in [0.717, 1.165) is 0 Å². The van der Waals surface area contributed by atoms with Crippen LogP contribution in [0.25, 0.3) is 0 Å². The maximum absolute atomic E-state index is 11.5. The molecular weight excluding hydrogens is 252 g/mol. The van der Waals surface area contributed by atoms with Gasteiger partial charge < -0.3 is 15.4 Å². The highest BCUT2D eigenvalue weighted by Crippen LogP contribution is 2.29. The molecule has 0 saturated heterocycles. The molecule has 0 aromatic carbocycles. The van der Waals surface area contributed by atoms with Crippen LogP contribution in [-0.4, -0.2) is 46.7 Å². The Morgan fingerprint density at radius 1 is 1.50 bits per heavy atom. The van der Waals surface area contributed by atoms with Gasteiger partial charge in [0, 0.05) is 14.1 Å². The van der Waals surface area contributed by atoms with Crippen LogP contribution in [0.3, 0.4) is 0 Å². The van der Waals surface area contributed by atoms with E-state index in [0.29, 0.717) is 16.6 Å². The second kappa shape index (κ2) is 6.44. The van der Waals surface area contributed by atoms with Crippen LogP contribution in [0.2, 0.25) is 0 Å². The summed E-state index contributed by atoms with van der Waals surface area (Å²) in [7, 11) is 3.42. The molecule has 1 heterocycles. The lowest BCUT2D eigenvalue weighted by Crippen LogP contribution is -2.23. The molecule has 1 amide bonds. The first-order valence-corrected chi connectivity index (χ1v) is 6.50. The Labute approximate surface area is 111 Å². The van der Waals surface area contributed by atoms with Gasteiger partial charge in [-0.15, -0.1) is 0 Å². The van der Waals surface area contributed by atoms with Crippen LogP contribution in [0.4, 0.5) is 5.69 Å². The van der Waals surface area contributed by atoms with E-state index in [4.69, 9.17) is 10.5 Å². The van der Waals surface area contributed by atoms with E-state index in [1.54, 1.807) is 14.1 Å². The molecule has 0 saturated carbocycles. The lowest BCUT2D eigenvalue weighted by Gasteiger charge is -2.13. The smallest absolute Gasteiger partial charge is 0.241 e. The summed E-state index contributed by atoms with van der Waals surface area (Å²) in [6, 6.07) is 0. The number of rotatable bonds is 5. The number of ether oxygens (including phenoxy) is 1. The van der Waals surface area contributed by atoms with Gasteiger partial charge in [0.2, 0.25) is 11.8 Å². The van der Waals surface area contributed by atoms with Crippen LogP contribution in [-0.2, 0) is 4.79 Å². The summed E-state index contributed by atoms with van der Waals surface area (Å²) in [6.07, 6.45) is 1.37. The fraction of sp³-hybridized carbons (Fsp3) is 0.545. The summed E-state index contributed by atoms with van der Waals surface area (Å²) < 4.78 is 5.46. The van der Waals surface area contributed by atoms with Crippen molar-refractivity contribution in [1.82, 2.24) is 14.9 Å². The number of thioether (sulfide) groups is 1. The van der Waals surface area contributed by atoms with Gasteiger partial charge in [0.25, 0.3) is 0 Å². The third-order valence-corrected chi connectivity index (χ3v) is 2.98. The number of amides is 1. The Hall–Kier alpha value is -1.50. The number of hydrogen-bond acceptors (Lipinski definition) is 6. The molecular formula is C11H18N4O2S. The van der Waals surface area contributed by atoms with Crippen LogP contribution in [0.1, 0.15) is 13.8 Å². The first-order valence-electron chi connectivity index (χ1n) is 5.52. The van der Waals surface area contributed by atoms with Gasteiger partial charge >= 0.3 is 0 Å². The van der Waals surface area contributed by atoms with Crippen molar-refractivity contribution in [2.24, 2.45) is 0 Å². The van der Waals surface area contributed by atoms with Crippen LogP contribution in [0.15, 0.2) is 11.4 Å². The Morgan fingerprint density at radius 2 is 2.17 bits per heavy atom. The standard InChI is InChI=1S/C11H18N4O2S/c1-7(2)17-10-9(12)11(14-6-13-10)18-5-8(16)15(3)4/h6-7H,5,12H2,1-4H3. The Bertz CT molecular complexity index is 424. The highest BCUT2D eigenvalue weighted by Gasteiger charge is 2.13. The van der Waals surface area contributed by atoms with Gasteiger partial charge in [-0.25, -0.2) is 4.98 Å². The highest BCUT2D eigenvalue weighted by molar-refractivity contribution is 8.00. The van der Waals surface area contributed by atoms with E-state index in [-0.39, 0.29) is 17.8 Å². The number of carbonyl (C=O) groups excluding carboxylic acids is 1. The molecule has 100 valence electrons. The van der Waals surface area contributed by atoms with Crippen LogP contribution in [0.5, 0.6) is 5.88 Å². The molecule has 0 unspecified atom stereocenters. The predicted octanol–water partition coefficient (Wildman–Crippen LogP) is 1.03. The maximum atomic E-state index is 11.5. The molecule has 18 heavy (non-hydrogen) atoms. The molecule has 0 spiro atoms. The molecule has 0 aliphatic carbocycles. The minimum Gasteiger partial charge on any atom is -0.473 e. The van der Waals surface area contributed by atoms with Gasteiger partial charge in [-0.2, -0.15) is 4.98 Å². The minimum atomic E-state index is -0.0107. The number of hydrogen-bond donors (Lipinski definition) is 1. The zero-order valence-corrected chi connectivity index (χ0v) is 11.8. The molecule has 0 radical (unpaired) electrons. The maximum Gasteiger partial charge on any atom is 0.241 e. The van der Waals surface area contributed by atoms with Crippen LogP contribution < -0.4 is 10.5 Å². The van der Waals surface area contributed by atoms with E-state index < -0.39 is 0 Å². The molecule has 1 rings (SSSR count). The zero-order valence-electron chi connectivity index (χ0n) is 11.0. The van der Waals surface area contributed by atoms with E-state index in [2.05, 4.69) is 9.97 Å². The molecule has 0 aliphatic heterocycles. The molecule has 0 atom stereocenters. The van der Waals surface area contributed by atoms with E-state index in [9.17, 15) is 4.79 Å². The lowest BCUT2D eigenvalue weighted by molar-refractivity contribution is -0.125. The van der Waals surface area contributed by atoms with Crippen LogP contribution in [0, 0.1) is 0 Å². The van der Waals surface area contributed by atoms with Crippen molar-refractivity contribution in [2.45, 2.75) is 25.0 Å². The average molecular weight is 270 g/mol. The fourth-order valence-corrected chi connectivity index (χ4v) is 1.94. The van der Waals surface area contributed by atoms with Crippen molar-refractivity contribution in [3.05, 3.63) is 6.33 Å². The Morgan fingerprint density at radius 3 is 2.72 bits per heavy atom. The molecule has 7 heteroatoms. The normalized spacial score (nSPS) is 10.5. The molecule has 1 aromatic heterocycles. The van der Waals surface area contributed by atoms with Crippen molar-refractivity contribution in [3.8, 4) is 5.88 Å². The quantitative estimate of drug-likeness (QED) is 0.635. The Kier molecular flexibility index (Phi) is 5.21. The van der Waals surface area contributed by atoms with Gasteiger partial charge in [-0.05, 0) is 13.8 Å². The van der Waals surface area contributed by atoms with E-state index >= 15 is 0 Å². The summed E-state index contributed by atoms with van der Waals surface area (Å²) in [6.45, 7) is 3.79. The number of aromatic nitrogens is 2. The van der Waals surface area contributed by atoms with E-state index in [1.165, 1.54) is 23.0 Å². The largest absolute Gasteiger partial charge is 0.473 e. The number of anilines is 1. The van der Waals surface area contributed by atoms with Gasteiger partial charge in [0.15, 0.2) is 0 Å². The summed E-state index contributed by atoms with van der Waals surface area (Å²) in [4.78, 5) is 21.0. The summed E-state index contributed by atoms with van der Waals surface area (Å²) in [5.74, 6) is 0.652. The predicted molar refractivity (Wildman–Crippen MR) is 71.6 cm³/mol. The minimum absolute atomic E-state index is 0.00402. The van der Waals surface area contributed by atoms with Gasteiger partial charge in [0.1, 0.15) is 17.0 Å². The van der Waals surface area contributed by atoms with Gasteiger partial charge in [0.05, 0.1) is 11.9 Å². The molecule has 2 N–H and O–H groups in total. The average Bonchev–Trinajstić information content (AvgIpc) is 2.29. The van der Waals surface area contributed by atoms with Gasteiger partial charge in [-0.3, -0.25) is 4.79 Å². The number of nitrogen functional groups attached to an aromatic ring is 1. The molecule has 0 aliphatic rings. The number of carbonyl (C=O) groups is 1. The van der Waals surface area contributed by atoms with Crippen molar-refractivity contribution < 1.29 is 9.53 Å². The highest BCUT2D eigenvalue weighted by atomic mass is 32.2. The number of nitrogens with two attached hydrogens (primary N) is 1. The summed E-state index contributed by atoms with van der Waals surface area (Å²) in [5.41, 5.74) is 6.28. The summed E-state index contributed by atoms with van der Waals surface area (Å²) in [5, 5.41) is 0.566. The van der Waals surface area contributed by atoms with E-state index in [1.807, 2.05) is 13.8 Å². The van der Waals surface area contributed by atoms with Crippen LogP contribution >= 0.6 is 11.8 Å². The SMILES string of the molecule is CC(C)Oc1ncnc(SCC(=O)N(C)C)c1N. The monoisotopic (exact) mass is 270 g/mol. The first-order chi connectivity index (χ1) is 8.41. The topological polar surface area (TPSA) is 81.3 Å². The Balaban J connectivity index is 2.75. The number of nitrogens with zero attached hydrogens (tertiary/aromatic N) is 3. The fourth-order valence-electron chi connectivity index (χ4n) is 1.06. The molecule has 6 nitrogen and oxygen atoms in total. The molecule has 0 bridgehead atoms. The van der Waals surface area contributed by atoms with Gasteiger partial charge in [-0.1, -0.05) is 11.8 Å². The second-order valence-electron chi connectivity index (χ2n) is 4.14. The third-order valence-electron chi connectivity index (χ3n) is 1.99. The second-order valence-corrected chi connectivity index (χ2v) is 5.11. The molecule has 1 aromatic rings. The zero-order chi connectivity index (χ0) is 13.7. The lowest BCUT2D eigenvalue weighted by atomic mass is 10.4. The summed E-state index contributed by atoms with van der Waals surface area (Å²) >= 11 is 1.28. The first kappa shape index (κ1) is 14.6. The third kappa shape index (κ3) is 4.06. The van der Waals surface area contributed by atoms with Crippen molar-refractivity contribution in [2.75, 3.05) is 25.6 Å². The van der Waals surface area contributed by atoms with Crippen molar-refractivity contribution >= 4 is 23.4 Å². The molecule has 0 fully saturated rings. The van der Waals surface area contributed by atoms with Crippen molar-refractivity contribution in [1.29, 1.82) is 0 Å². The van der Waals surface area contributed by atoms with Crippen molar-refractivity contribution in [3.63, 3.8) is 0 Å².